The van der Waals surface area contributed by atoms with Crippen molar-refractivity contribution in [3.8, 4) is 0 Å². The van der Waals surface area contributed by atoms with Crippen molar-refractivity contribution in [1.29, 1.82) is 0 Å². The van der Waals surface area contributed by atoms with E-state index in [1.165, 1.54) is 0 Å². The number of amides is 1. The molecule has 1 heterocycles. The van der Waals surface area contributed by atoms with Gasteiger partial charge in [0.15, 0.2) is 0 Å². The summed E-state index contributed by atoms with van der Waals surface area (Å²) in [5, 5.41) is 21.7. The van der Waals surface area contributed by atoms with Gasteiger partial charge in [0.1, 0.15) is 0 Å². The Morgan fingerprint density at radius 1 is 1.62 bits per heavy atom. The molecular formula is C8H15N2O3. The SMILES string of the molecule is [O]CCCN1CC(=O)NC(CO)C1. The van der Waals surface area contributed by atoms with E-state index in [1.807, 2.05) is 4.90 Å². The van der Waals surface area contributed by atoms with Crippen LogP contribution in [0.1, 0.15) is 6.42 Å². The van der Waals surface area contributed by atoms with Gasteiger partial charge in [-0.05, 0) is 6.42 Å². The second-order valence-electron chi connectivity index (χ2n) is 3.24. The van der Waals surface area contributed by atoms with E-state index >= 15 is 0 Å². The van der Waals surface area contributed by atoms with Gasteiger partial charge in [-0.3, -0.25) is 9.69 Å². The van der Waals surface area contributed by atoms with Gasteiger partial charge in [0, 0.05) is 13.1 Å². The number of rotatable bonds is 4. The summed E-state index contributed by atoms with van der Waals surface area (Å²) in [5.74, 6) is -0.0730. The van der Waals surface area contributed by atoms with Crippen LogP contribution in [0.2, 0.25) is 0 Å². The first kappa shape index (κ1) is 10.4. The van der Waals surface area contributed by atoms with Crippen LogP contribution in [0, 0.1) is 0 Å². The van der Waals surface area contributed by atoms with Gasteiger partial charge in [-0.2, -0.15) is 0 Å². The minimum atomic E-state index is -0.173. The molecule has 1 fully saturated rings. The van der Waals surface area contributed by atoms with Crippen molar-refractivity contribution in [2.45, 2.75) is 12.5 Å². The molecule has 1 atom stereocenters. The first-order chi connectivity index (χ1) is 6.26. The quantitative estimate of drug-likeness (QED) is 0.568. The highest BCUT2D eigenvalue weighted by atomic mass is 16.3. The standard InChI is InChI=1S/C8H15N2O3/c11-3-1-2-10-4-7(6-12)9-8(13)5-10/h7,12H,1-6H2,(H,9,13). The minimum absolute atomic E-state index is 0.0420. The highest BCUT2D eigenvalue weighted by molar-refractivity contribution is 5.79. The van der Waals surface area contributed by atoms with Crippen molar-refractivity contribution in [2.75, 3.05) is 32.8 Å². The molecule has 1 radical (unpaired) electrons. The van der Waals surface area contributed by atoms with Crippen LogP contribution in [0.3, 0.4) is 0 Å². The second-order valence-corrected chi connectivity index (χ2v) is 3.24. The minimum Gasteiger partial charge on any atom is -0.394 e. The summed E-state index contributed by atoms with van der Waals surface area (Å²) < 4.78 is 0. The van der Waals surface area contributed by atoms with Crippen LogP contribution in [-0.2, 0) is 9.90 Å². The van der Waals surface area contributed by atoms with Crippen molar-refractivity contribution in [2.24, 2.45) is 0 Å². The van der Waals surface area contributed by atoms with Crippen LogP contribution in [0.15, 0.2) is 0 Å². The van der Waals surface area contributed by atoms with E-state index in [4.69, 9.17) is 5.11 Å². The third-order valence-electron chi connectivity index (χ3n) is 2.05. The molecule has 1 aliphatic rings. The first-order valence-electron chi connectivity index (χ1n) is 4.47. The Morgan fingerprint density at radius 2 is 2.38 bits per heavy atom. The molecule has 1 saturated heterocycles. The predicted molar refractivity (Wildman–Crippen MR) is 45.6 cm³/mol. The lowest BCUT2D eigenvalue weighted by Crippen LogP contribution is -2.55. The lowest BCUT2D eigenvalue weighted by molar-refractivity contribution is -0.126. The molecule has 0 spiro atoms. The predicted octanol–water partition coefficient (Wildman–Crippen LogP) is -1.40. The van der Waals surface area contributed by atoms with Gasteiger partial charge in [0.2, 0.25) is 5.91 Å². The molecule has 13 heavy (non-hydrogen) atoms. The fourth-order valence-electron chi connectivity index (χ4n) is 1.46. The lowest BCUT2D eigenvalue weighted by Gasteiger charge is -2.31. The number of nitrogens with one attached hydrogen (secondary N) is 1. The first-order valence-corrected chi connectivity index (χ1v) is 4.47. The van der Waals surface area contributed by atoms with E-state index < -0.39 is 0 Å². The van der Waals surface area contributed by atoms with Crippen molar-refractivity contribution in [3.05, 3.63) is 0 Å². The zero-order chi connectivity index (χ0) is 9.68. The fraction of sp³-hybridized carbons (Fsp3) is 0.875. The topological polar surface area (TPSA) is 72.5 Å². The van der Waals surface area contributed by atoms with Crippen molar-refractivity contribution in [1.82, 2.24) is 10.2 Å². The van der Waals surface area contributed by atoms with E-state index in [0.717, 1.165) is 0 Å². The van der Waals surface area contributed by atoms with E-state index in [1.54, 1.807) is 0 Å². The number of hydrogen-bond acceptors (Lipinski definition) is 3. The number of aliphatic hydroxyl groups is 1. The van der Waals surface area contributed by atoms with Crippen LogP contribution in [0.25, 0.3) is 0 Å². The molecule has 1 unspecified atom stereocenters. The molecule has 0 aliphatic carbocycles. The maximum absolute atomic E-state index is 11.1. The van der Waals surface area contributed by atoms with Gasteiger partial charge in [-0.15, -0.1) is 0 Å². The summed E-state index contributed by atoms with van der Waals surface area (Å²) in [5.41, 5.74) is 0. The summed E-state index contributed by atoms with van der Waals surface area (Å²) in [6.45, 7) is 1.48. The summed E-state index contributed by atoms with van der Waals surface area (Å²) in [6, 6.07) is -0.173. The van der Waals surface area contributed by atoms with Crippen LogP contribution in [-0.4, -0.2) is 54.8 Å². The Labute approximate surface area is 77.3 Å². The largest absolute Gasteiger partial charge is 0.394 e. The molecule has 1 amide bonds. The van der Waals surface area contributed by atoms with E-state index in [-0.39, 0.29) is 25.2 Å². The number of hydrogen-bond donors (Lipinski definition) is 2. The normalized spacial score (nSPS) is 24.5. The Morgan fingerprint density at radius 3 is 3.00 bits per heavy atom. The monoisotopic (exact) mass is 187 g/mol. The molecule has 1 aliphatic heterocycles. The maximum atomic E-state index is 11.1. The van der Waals surface area contributed by atoms with E-state index in [9.17, 15) is 9.90 Å². The fourth-order valence-corrected chi connectivity index (χ4v) is 1.46. The van der Waals surface area contributed by atoms with E-state index in [0.29, 0.717) is 26.1 Å². The number of aliphatic hydroxyl groups excluding tert-OH is 1. The summed E-state index contributed by atoms with van der Waals surface area (Å²) in [6.07, 6.45) is 0.561. The van der Waals surface area contributed by atoms with Gasteiger partial charge in [0.25, 0.3) is 0 Å². The third-order valence-corrected chi connectivity index (χ3v) is 2.05. The molecule has 0 saturated carbocycles. The van der Waals surface area contributed by atoms with Crippen LogP contribution >= 0.6 is 0 Å². The smallest absolute Gasteiger partial charge is 0.234 e. The average molecular weight is 187 g/mol. The molecule has 5 heteroatoms. The highest BCUT2D eigenvalue weighted by Gasteiger charge is 2.22. The van der Waals surface area contributed by atoms with Crippen molar-refractivity contribution >= 4 is 5.91 Å². The zero-order valence-electron chi connectivity index (χ0n) is 7.53. The third kappa shape index (κ3) is 3.30. The molecule has 1 rings (SSSR count). The number of nitrogens with zero attached hydrogens (tertiary/aromatic N) is 1. The molecule has 0 bridgehead atoms. The molecular weight excluding hydrogens is 172 g/mol. The maximum Gasteiger partial charge on any atom is 0.234 e. The Bertz CT molecular complexity index is 175. The second kappa shape index (κ2) is 5.16. The van der Waals surface area contributed by atoms with Gasteiger partial charge in [-0.25, -0.2) is 5.11 Å². The molecule has 75 valence electrons. The summed E-state index contributed by atoms with van der Waals surface area (Å²) in [4.78, 5) is 13.0. The Kier molecular flexibility index (Phi) is 4.14. The molecule has 0 aromatic carbocycles. The molecule has 0 aromatic heterocycles. The summed E-state index contributed by atoms with van der Waals surface area (Å²) >= 11 is 0. The summed E-state index contributed by atoms with van der Waals surface area (Å²) in [7, 11) is 0. The molecule has 5 nitrogen and oxygen atoms in total. The average Bonchev–Trinajstić information content (AvgIpc) is 2.14. The Hall–Kier alpha value is -0.650. The van der Waals surface area contributed by atoms with Crippen molar-refractivity contribution < 1.29 is 15.0 Å². The highest BCUT2D eigenvalue weighted by Crippen LogP contribution is 2.00. The van der Waals surface area contributed by atoms with Crippen LogP contribution in [0.4, 0.5) is 0 Å². The van der Waals surface area contributed by atoms with Crippen LogP contribution < -0.4 is 5.32 Å². The van der Waals surface area contributed by atoms with Gasteiger partial charge >= 0.3 is 0 Å². The number of carbonyl (C=O) groups is 1. The van der Waals surface area contributed by atoms with Gasteiger partial charge in [0.05, 0.1) is 25.8 Å². The van der Waals surface area contributed by atoms with Crippen LogP contribution in [0.5, 0.6) is 0 Å². The van der Waals surface area contributed by atoms with Gasteiger partial charge in [-0.1, -0.05) is 0 Å². The van der Waals surface area contributed by atoms with Gasteiger partial charge < -0.3 is 10.4 Å². The number of piperazine rings is 1. The Balaban J connectivity index is 2.33. The van der Waals surface area contributed by atoms with Crippen molar-refractivity contribution in [3.63, 3.8) is 0 Å². The zero-order valence-corrected chi connectivity index (χ0v) is 7.53. The lowest BCUT2D eigenvalue weighted by atomic mass is 10.2. The number of carbonyl (C=O) groups excluding carboxylic acids is 1. The molecule has 0 aromatic rings. The van der Waals surface area contributed by atoms with E-state index in [2.05, 4.69) is 5.32 Å². The molecule has 2 N–H and O–H groups in total.